The molecule has 0 saturated carbocycles. The van der Waals surface area contributed by atoms with Crippen molar-refractivity contribution in [3.8, 4) is 0 Å². The average Bonchev–Trinajstić information content (AvgIpc) is 2.46. The van der Waals surface area contributed by atoms with Crippen LogP contribution in [0, 0.1) is 0 Å². The molecule has 2 N–H and O–H groups in total. The van der Waals surface area contributed by atoms with Crippen molar-refractivity contribution in [3.63, 3.8) is 0 Å². The Kier molecular flexibility index (Phi) is 5.78. The van der Waals surface area contributed by atoms with Crippen LogP contribution in [0.4, 0.5) is 5.69 Å². The molecule has 5 heteroatoms. The maximum atomic E-state index is 12.5. The molecule has 2 aromatic rings. The number of hydrogen-bond acceptors (Lipinski definition) is 2. The molecule has 2 amide bonds. The Hall–Kier alpha value is -2.14. The van der Waals surface area contributed by atoms with Gasteiger partial charge < -0.3 is 10.6 Å². The predicted octanol–water partition coefficient (Wildman–Crippen LogP) is 4.16. The van der Waals surface area contributed by atoms with Crippen LogP contribution in [0.5, 0.6) is 0 Å². The lowest BCUT2D eigenvalue weighted by Crippen LogP contribution is -2.40. The number of rotatable bonds is 4. The van der Waals surface area contributed by atoms with Gasteiger partial charge in [-0.2, -0.15) is 0 Å². The molecule has 0 aromatic heterocycles. The number of benzene rings is 2. The Morgan fingerprint density at radius 2 is 1.71 bits per heavy atom. The van der Waals surface area contributed by atoms with Crippen LogP contribution in [0.25, 0.3) is 0 Å². The summed E-state index contributed by atoms with van der Waals surface area (Å²) >= 11 is 3.38. The van der Waals surface area contributed by atoms with Crippen molar-refractivity contribution in [1.29, 1.82) is 0 Å². The molecule has 0 aliphatic heterocycles. The summed E-state index contributed by atoms with van der Waals surface area (Å²) < 4.78 is 0.796. The van der Waals surface area contributed by atoms with Crippen molar-refractivity contribution in [2.24, 2.45) is 0 Å². The smallest absolute Gasteiger partial charge is 0.253 e. The van der Waals surface area contributed by atoms with Crippen molar-refractivity contribution in [1.82, 2.24) is 5.32 Å². The lowest BCUT2D eigenvalue weighted by atomic mass is 10.1. The van der Waals surface area contributed by atoms with Crippen LogP contribution < -0.4 is 10.6 Å². The summed E-state index contributed by atoms with van der Waals surface area (Å²) in [7, 11) is 0. The lowest BCUT2D eigenvalue weighted by Gasteiger charge is -2.21. The van der Waals surface area contributed by atoms with Gasteiger partial charge in [-0.1, -0.05) is 46.3 Å². The quantitative estimate of drug-likeness (QED) is 0.825. The second kappa shape index (κ2) is 7.62. The van der Waals surface area contributed by atoms with E-state index >= 15 is 0 Å². The van der Waals surface area contributed by atoms with E-state index in [1.165, 1.54) is 0 Å². The highest BCUT2D eigenvalue weighted by molar-refractivity contribution is 9.10. The van der Waals surface area contributed by atoms with Crippen LogP contribution in [0.15, 0.2) is 53.0 Å². The van der Waals surface area contributed by atoms with Crippen LogP contribution >= 0.6 is 15.9 Å². The van der Waals surface area contributed by atoms with E-state index in [1.807, 2.05) is 51.1 Å². The van der Waals surface area contributed by atoms with Crippen molar-refractivity contribution >= 4 is 33.4 Å². The molecule has 0 aliphatic carbocycles. The minimum absolute atomic E-state index is 0.163. The predicted molar refractivity (Wildman–Crippen MR) is 100 cm³/mol. The van der Waals surface area contributed by atoms with Crippen LogP contribution in [0.1, 0.15) is 36.7 Å². The van der Waals surface area contributed by atoms with Gasteiger partial charge in [0.1, 0.15) is 0 Å². The zero-order valence-electron chi connectivity index (χ0n) is 14.0. The summed E-state index contributed by atoms with van der Waals surface area (Å²) in [6.45, 7) is 5.74. The van der Waals surface area contributed by atoms with Gasteiger partial charge in [-0.15, -0.1) is 0 Å². The van der Waals surface area contributed by atoms with E-state index in [0.29, 0.717) is 11.3 Å². The molecule has 2 rings (SSSR count). The summed E-state index contributed by atoms with van der Waals surface area (Å²) in [5.41, 5.74) is 1.50. The molecule has 0 unspecified atom stereocenters. The molecular formula is C19H21BrN2O2. The fraction of sp³-hybridized carbons (Fsp3) is 0.263. The fourth-order valence-electron chi connectivity index (χ4n) is 2.20. The normalized spacial score (nSPS) is 11.0. The van der Waals surface area contributed by atoms with E-state index in [4.69, 9.17) is 0 Å². The number of carbonyl (C=O) groups is 2. The van der Waals surface area contributed by atoms with Crippen LogP contribution in [0.2, 0.25) is 0 Å². The van der Waals surface area contributed by atoms with Gasteiger partial charge >= 0.3 is 0 Å². The highest BCUT2D eigenvalue weighted by Gasteiger charge is 2.19. The third kappa shape index (κ3) is 5.49. The SMILES string of the molecule is CC(C)(C)NC(=O)c1ccc(Br)cc1NC(=O)Cc1ccccc1. The molecule has 2 aromatic carbocycles. The number of hydrogen-bond donors (Lipinski definition) is 2. The molecule has 0 spiro atoms. The van der Waals surface area contributed by atoms with E-state index in [1.54, 1.807) is 18.2 Å². The molecule has 0 heterocycles. The van der Waals surface area contributed by atoms with Crippen molar-refractivity contribution in [2.75, 3.05) is 5.32 Å². The highest BCUT2D eigenvalue weighted by atomic mass is 79.9. The van der Waals surface area contributed by atoms with Crippen LogP contribution in [0.3, 0.4) is 0 Å². The minimum atomic E-state index is -0.352. The molecule has 24 heavy (non-hydrogen) atoms. The molecule has 4 nitrogen and oxygen atoms in total. The summed E-state index contributed by atoms with van der Waals surface area (Å²) in [5, 5.41) is 5.75. The van der Waals surface area contributed by atoms with Crippen molar-refractivity contribution in [2.45, 2.75) is 32.7 Å². The Morgan fingerprint density at radius 1 is 1.04 bits per heavy atom. The summed E-state index contributed by atoms with van der Waals surface area (Å²) in [5.74, 6) is -0.380. The average molecular weight is 389 g/mol. The van der Waals surface area contributed by atoms with Gasteiger partial charge in [-0.05, 0) is 44.5 Å². The van der Waals surface area contributed by atoms with E-state index in [-0.39, 0.29) is 23.8 Å². The molecule has 0 atom stereocenters. The molecule has 0 aliphatic rings. The topological polar surface area (TPSA) is 58.2 Å². The van der Waals surface area contributed by atoms with E-state index in [2.05, 4.69) is 26.6 Å². The number of anilines is 1. The van der Waals surface area contributed by atoms with Gasteiger partial charge in [-0.25, -0.2) is 0 Å². The largest absolute Gasteiger partial charge is 0.347 e. The Bertz CT molecular complexity index is 737. The first kappa shape index (κ1) is 18.2. The third-order valence-corrected chi connectivity index (χ3v) is 3.69. The second-order valence-electron chi connectivity index (χ2n) is 6.60. The third-order valence-electron chi connectivity index (χ3n) is 3.20. The van der Waals surface area contributed by atoms with E-state index < -0.39 is 0 Å². The first-order valence-corrected chi connectivity index (χ1v) is 8.50. The molecule has 126 valence electrons. The minimum Gasteiger partial charge on any atom is -0.347 e. The van der Waals surface area contributed by atoms with Gasteiger partial charge in [-0.3, -0.25) is 9.59 Å². The number of nitrogens with one attached hydrogen (secondary N) is 2. The number of amides is 2. The van der Waals surface area contributed by atoms with Gasteiger partial charge in [0, 0.05) is 10.0 Å². The van der Waals surface area contributed by atoms with Crippen LogP contribution in [-0.2, 0) is 11.2 Å². The second-order valence-corrected chi connectivity index (χ2v) is 7.52. The molecule has 0 saturated heterocycles. The van der Waals surface area contributed by atoms with Gasteiger partial charge in [0.15, 0.2) is 0 Å². The summed E-state index contributed by atoms with van der Waals surface area (Å²) in [6.07, 6.45) is 0.258. The maximum Gasteiger partial charge on any atom is 0.253 e. The molecule has 0 radical (unpaired) electrons. The van der Waals surface area contributed by atoms with Gasteiger partial charge in [0.05, 0.1) is 17.7 Å². The fourth-order valence-corrected chi connectivity index (χ4v) is 2.56. The number of halogens is 1. The first-order valence-electron chi connectivity index (χ1n) is 7.70. The zero-order chi connectivity index (χ0) is 17.7. The molecule has 0 bridgehead atoms. The monoisotopic (exact) mass is 388 g/mol. The van der Waals surface area contributed by atoms with Crippen molar-refractivity contribution in [3.05, 3.63) is 64.1 Å². The summed E-state index contributed by atoms with van der Waals surface area (Å²) in [6, 6.07) is 14.7. The maximum absolute atomic E-state index is 12.5. The lowest BCUT2D eigenvalue weighted by molar-refractivity contribution is -0.115. The van der Waals surface area contributed by atoms with Crippen molar-refractivity contribution < 1.29 is 9.59 Å². The van der Waals surface area contributed by atoms with Crippen LogP contribution in [-0.4, -0.2) is 17.4 Å². The Morgan fingerprint density at radius 3 is 2.33 bits per heavy atom. The highest BCUT2D eigenvalue weighted by Crippen LogP contribution is 2.22. The van der Waals surface area contributed by atoms with Gasteiger partial charge in [0.2, 0.25) is 5.91 Å². The van der Waals surface area contributed by atoms with Gasteiger partial charge in [0.25, 0.3) is 5.91 Å². The Labute approximate surface area is 150 Å². The Balaban J connectivity index is 2.18. The first-order chi connectivity index (χ1) is 11.2. The number of carbonyl (C=O) groups excluding carboxylic acids is 2. The standard InChI is InChI=1S/C19H21BrN2O2/c1-19(2,3)22-18(24)15-10-9-14(20)12-16(15)21-17(23)11-13-7-5-4-6-8-13/h4-10,12H,11H2,1-3H3,(H,21,23)(H,22,24). The van der Waals surface area contributed by atoms with E-state index in [0.717, 1.165) is 10.0 Å². The zero-order valence-corrected chi connectivity index (χ0v) is 15.6. The molecule has 0 fully saturated rings. The molecular weight excluding hydrogens is 368 g/mol. The summed E-state index contributed by atoms with van der Waals surface area (Å²) in [4.78, 5) is 24.7. The van der Waals surface area contributed by atoms with E-state index in [9.17, 15) is 9.59 Å².